The average molecular weight is 267 g/mol. The summed E-state index contributed by atoms with van der Waals surface area (Å²) in [5.74, 6) is -0.210. The summed E-state index contributed by atoms with van der Waals surface area (Å²) in [4.78, 5) is 17.6. The topological polar surface area (TPSA) is 79.5 Å². The first-order valence-electron chi connectivity index (χ1n) is 6.35. The molecule has 0 aromatic carbocycles. The van der Waals surface area contributed by atoms with Gasteiger partial charge >= 0.3 is 5.97 Å². The number of hydrogen-bond donors (Lipinski definition) is 2. The van der Waals surface area contributed by atoms with Crippen LogP contribution in [0.2, 0.25) is 0 Å². The Morgan fingerprint density at radius 2 is 2.28 bits per heavy atom. The van der Waals surface area contributed by atoms with Crippen molar-refractivity contribution < 1.29 is 9.90 Å². The normalized spacial score (nSPS) is 20.7. The lowest BCUT2D eigenvalue weighted by Crippen LogP contribution is -2.28. The highest BCUT2D eigenvalue weighted by Gasteiger charge is 2.35. The van der Waals surface area contributed by atoms with Crippen molar-refractivity contribution in [3.05, 3.63) is 11.1 Å². The fraction of sp³-hybridized carbons (Fsp3) is 0.667. The number of rotatable bonds is 6. The minimum Gasteiger partial charge on any atom is -0.480 e. The second-order valence-corrected chi connectivity index (χ2v) is 6.03. The first-order chi connectivity index (χ1) is 8.65. The lowest BCUT2D eigenvalue weighted by atomic mass is 10.2. The number of carboxylic acid groups (broad SMARTS) is 1. The van der Waals surface area contributed by atoms with E-state index in [0.29, 0.717) is 11.7 Å². The minimum absolute atomic E-state index is 0.476. The van der Waals surface area contributed by atoms with Crippen molar-refractivity contribution in [2.45, 2.75) is 37.8 Å². The van der Waals surface area contributed by atoms with Gasteiger partial charge in [0.05, 0.1) is 5.69 Å². The Kier molecular flexibility index (Phi) is 2.99. The summed E-state index contributed by atoms with van der Waals surface area (Å²) in [6.07, 6.45) is 5.09. The lowest BCUT2D eigenvalue weighted by molar-refractivity contribution is -0.138. The number of carbonyl (C=O) groups is 1. The van der Waals surface area contributed by atoms with Crippen LogP contribution < -0.4 is 10.6 Å². The summed E-state index contributed by atoms with van der Waals surface area (Å²) in [5.41, 5.74) is 6.06. The van der Waals surface area contributed by atoms with Gasteiger partial charge in [-0.2, -0.15) is 0 Å². The van der Waals surface area contributed by atoms with Crippen LogP contribution in [-0.4, -0.2) is 28.6 Å². The number of anilines is 1. The fourth-order valence-electron chi connectivity index (χ4n) is 2.03. The molecule has 2 aliphatic carbocycles. The van der Waals surface area contributed by atoms with Gasteiger partial charge in [-0.15, -0.1) is 11.3 Å². The fourth-order valence-corrected chi connectivity index (χ4v) is 2.97. The summed E-state index contributed by atoms with van der Waals surface area (Å²) in [6, 6.07) is -0.386. The van der Waals surface area contributed by atoms with E-state index in [1.807, 2.05) is 0 Å². The maximum Gasteiger partial charge on any atom is 0.326 e. The van der Waals surface area contributed by atoms with Gasteiger partial charge in [0.15, 0.2) is 5.13 Å². The Morgan fingerprint density at radius 3 is 2.83 bits per heavy atom. The molecule has 98 valence electrons. The van der Waals surface area contributed by atoms with Gasteiger partial charge in [-0.25, -0.2) is 4.98 Å². The van der Waals surface area contributed by atoms with E-state index in [4.69, 9.17) is 10.8 Å². The zero-order valence-corrected chi connectivity index (χ0v) is 10.9. The predicted molar refractivity (Wildman–Crippen MR) is 69.8 cm³/mol. The number of carboxylic acids is 1. The first-order valence-corrected chi connectivity index (χ1v) is 7.23. The van der Waals surface area contributed by atoms with Crippen LogP contribution in [0.15, 0.2) is 5.38 Å². The van der Waals surface area contributed by atoms with E-state index >= 15 is 0 Å². The number of aromatic nitrogens is 1. The van der Waals surface area contributed by atoms with E-state index in [1.165, 1.54) is 37.0 Å². The molecule has 0 radical (unpaired) electrons. The van der Waals surface area contributed by atoms with Crippen molar-refractivity contribution in [1.82, 2.24) is 4.98 Å². The molecule has 0 amide bonds. The molecule has 5 nitrogen and oxygen atoms in total. The largest absolute Gasteiger partial charge is 0.480 e. The highest BCUT2D eigenvalue weighted by Crippen LogP contribution is 2.39. The molecule has 0 aliphatic heterocycles. The van der Waals surface area contributed by atoms with E-state index in [0.717, 1.165) is 17.6 Å². The van der Waals surface area contributed by atoms with Crippen LogP contribution >= 0.6 is 11.3 Å². The Hall–Kier alpha value is -1.14. The Morgan fingerprint density at radius 1 is 1.56 bits per heavy atom. The predicted octanol–water partition coefficient (Wildman–Crippen LogP) is 1.61. The van der Waals surface area contributed by atoms with Gasteiger partial charge in [-0.3, -0.25) is 4.79 Å². The zero-order valence-electron chi connectivity index (χ0n) is 10.1. The lowest BCUT2D eigenvalue weighted by Gasteiger charge is -2.21. The quantitative estimate of drug-likeness (QED) is 0.818. The standard InChI is InChI=1S/C12H17N3O2S/c13-10(11(16)17)9-6-18-12(14-9)15(8-3-4-8)5-7-1-2-7/h6-8,10H,1-5,13H2,(H,16,17). The van der Waals surface area contributed by atoms with Crippen molar-refractivity contribution in [2.24, 2.45) is 11.7 Å². The van der Waals surface area contributed by atoms with Gasteiger partial charge < -0.3 is 15.7 Å². The summed E-state index contributed by atoms with van der Waals surface area (Å²) in [5, 5.41) is 11.6. The molecule has 2 saturated carbocycles. The van der Waals surface area contributed by atoms with Crippen LogP contribution in [0.3, 0.4) is 0 Å². The molecule has 3 N–H and O–H groups in total. The van der Waals surface area contributed by atoms with E-state index in [2.05, 4.69) is 9.88 Å². The molecule has 3 rings (SSSR count). The molecule has 6 heteroatoms. The summed E-state index contributed by atoms with van der Waals surface area (Å²) in [6.45, 7) is 1.07. The van der Waals surface area contributed by atoms with Gasteiger partial charge in [-0.1, -0.05) is 0 Å². The molecule has 2 fully saturated rings. The molecule has 0 spiro atoms. The van der Waals surface area contributed by atoms with Crippen LogP contribution in [0, 0.1) is 5.92 Å². The van der Waals surface area contributed by atoms with Crippen LogP contribution in [-0.2, 0) is 4.79 Å². The van der Waals surface area contributed by atoms with Crippen molar-refractivity contribution in [3.63, 3.8) is 0 Å². The second-order valence-electron chi connectivity index (χ2n) is 5.20. The van der Waals surface area contributed by atoms with E-state index < -0.39 is 12.0 Å². The molecule has 1 unspecified atom stereocenters. The molecule has 2 aliphatic rings. The van der Waals surface area contributed by atoms with Crippen LogP contribution in [0.5, 0.6) is 0 Å². The van der Waals surface area contributed by atoms with Gasteiger partial charge in [-0.05, 0) is 31.6 Å². The zero-order chi connectivity index (χ0) is 12.7. The number of thiazole rings is 1. The maximum atomic E-state index is 10.8. The molecule has 1 aromatic heterocycles. The van der Waals surface area contributed by atoms with Gasteiger partial charge in [0.1, 0.15) is 6.04 Å². The maximum absolute atomic E-state index is 10.8. The van der Waals surface area contributed by atoms with Gasteiger partial charge in [0.2, 0.25) is 0 Å². The van der Waals surface area contributed by atoms with Crippen molar-refractivity contribution in [1.29, 1.82) is 0 Å². The molecule has 18 heavy (non-hydrogen) atoms. The number of nitrogens with zero attached hydrogens (tertiary/aromatic N) is 2. The average Bonchev–Trinajstić information content (AvgIpc) is 3.24. The Balaban J connectivity index is 1.75. The third kappa shape index (κ3) is 2.49. The SMILES string of the molecule is NC(C(=O)O)c1csc(N(CC2CC2)C2CC2)n1. The Labute approximate surface area is 110 Å². The molecular formula is C12H17N3O2S. The van der Waals surface area contributed by atoms with E-state index in [1.54, 1.807) is 5.38 Å². The summed E-state index contributed by atoms with van der Waals surface area (Å²) >= 11 is 1.51. The highest BCUT2D eigenvalue weighted by molar-refractivity contribution is 7.13. The molecule has 1 aromatic rings. The molecular weight excluding hydrogens is 250 g/mol. The monoisotopic (exact) mass is 267 g/mol. The van der Waals surface area contributed by atoms with Gasteiger partial charge in [0, 0.05) is 18.0 Å². The van der Waals surface area contributed by atoms with Crippen LogP contribution in [0.25, 0.3) is 0 Å². The molecule has 1 atom stereocenters. The third-order valence-corrected chi connectivity index (χ3v) is 4.38. The Bertz CT molecular complexity index is 454. The van der Waals surface area contributed by atoms with Crippen molar-refractivity contribution >= 4 is 22.4 Å². The van der Waals surface area contributed by atoms with Gasteiger partial charge in [0.25, 0.3) is 0 Å². The number of hydrogen-bond acceptors (Lipinski definition) is 5. The number of aliphatic carboxylic acids is 1. The summed E-state index contributed by atoms with van der Waals surface area (Å²) in [7, 11) is 0. The molecule has 1 heterocycles. The van der Waals surface area contributed by atoms with Crippen molar-refractivity contribution in [3.8, 4) is 0 Å². The summed E-state index contributed by atoms with van der Waals surface area (Å²) < 4.78 is 0. The first kappa shape index (κ1) is 11.9. The highest BCUT2D eigenvalue weighted by atomic mass is 32.1. The van der Waals surface area contributed by atoms with E-state index in [9.17, 15) is 4.79 Å². The second kappa shape index (κ2) is 4.51. The van der Waals surface area contributed by atoms with Crippen LogP contribution in [0.4, 0.5) is 5.13 Å². The van der Waals surface area contributed by atoms with E-state index in [-0.39, 0.29) is 0 Å². The molecule has 0 bridgehead atoms. The van der Waals surface area contributed by atoms with Crippen molar-refractivity contribution in [2.75, 3.05) is 11.4 Å². The molecule has 0 saturated heterocycles. The smallest absolute Gasteiger partial charge is 0.326 e. The minimum atomic E-state index is -1.02. The number of nitrogens with two attached hydrogens (primary N) is 1. The van der Waals surface area contributed by atoms with Crippen LogP contribution in [0.1, 0.15) is 37.4 Å². The third-order valence-electron chi connectivity index (χ3n) is 3.48.